The SMILES string of the molecule is FC(F)(F)c1ccc2cnc(Nc3ccc4cc[nH]c4c3)cc2c1. The number of rotatable bonds is 2. The molecule has 2 N–H and O–H groups in total. The highest BCUT2D eigenvalue weighted by Crippen LogP contribution is 2.32. The highest BCUT2D eigenvalue weighted by Gasteiger charge is 2.30. The molecule has 2 aromatic carbocycles. The summed E-state index contributed by atoms with van der Waals surface area (Å²) in [7, 11) is 0. The third kappa shape index (κ3) is 2.67. The molecule has 24 heavy (non-hydrogen) atoms. The zero-order valence-electron chi connectivity index (χ0n) is 12.4. The van der Waals surface area contributed by atoms with Gasteiger partial charge in [-0.15, -0.1) is 0 Å². The van der Waals surface area contributed by atoms with Gasteiger partial charge in [0, 0.05) is 29.0 Å². The molecule has 0 fully saturated rings. The fraction of sp³-hybridized carbons (Fsp3) is 0.0556. The first kappa shape index (κ1) is 14.6. The number of aromatic amines is 1. The number of anilines is 2. The monoisotopic (exact) mass is 327 g/mol. The Balaban J connectivity index is 1.70. The minimum absolute atomic E-state index is 0.489. The smallest absolute Gasteiger partial charge is 0.361 e. The van der Waals surface area contributed by atoms with Gasteiger partial charge in [0.25, 0.3) is 0 Å². The van der Waals surface area contributed by atoms with Crippen molar-refractivity contribution in [1.82, 2.24) is 9.97 Å². The van der Waals surface area contributed by atoms with Crippen molar-refractivity contribution >= 4 is 33.2 Å². The average molecular weight is 327 g/mol. The molecule has 120 valence electrons. The number of alkyl halides is 3. The Morgan fingerprint density at radius 3 is 2.54 bits per heavy atom. The number of nitrogens with one attached hydrogen (secondary N) is 2. The molecule has 0 atom stereocenters. The standard InChI is InChI=1S/C18H12F3N3/c19-18(20,21)14-3-1-12-10-23-17(8-13(12)7-14)24-15-4-2-11-5-6-22-16(11)9-15/h1-10,22H,(H,23,24). The van der Waals surface area contributed by atoms with Crippen molar-refractivity contribution in [3.8, 4) is 0 Å². The van der Waals surface area contributed by atoms with Crippen molar-refractivity contribution in [1.29, 1.82) is 0 Å². The summed E-state index contributed by atoms with van der Waals surface area (Å²) in [5.41, 5.74) is 1.11. The lowest BCUT2D eigenvalue weighted by Crippen LogP contribution is -2.04. The van der Waals surface area contributed by atoms with Crippen molar-refractivity contribution in [2.45, 2.75) is 6.18 Å². The molecule has 6 heteroatoms. The fourth-order valence-corrected chi connectivity index (χ4v) is 2.66. The molecule has 0 unspecified atom stereocenters. The van der Waals surface area contributed by atoms with Crippen molar-refractivity contribution in [3.63, 3.8) is 0 Å². The van der Waals surface area contributed by atoms with Crippen molar-refractivity contribution in [3.05, 3.63) is 66.5 Å². The summed E-state index contributed by atoms with van der Waals surface area (Å²) in [6.07, 6.45) is -0.948. The number of hydrogen-bond acceptors (Lipinski definition) is 2. The van der Waals surface area contributed by atoms with Crippen LogP contribution in [0.15, 0.2) is 60.9 Å². The number of hydrogen-bond donors (Lipinski definition) is 2. The van der Waals surface area contributed by atoms with Gasteiger partial charge in [0.15, 0.2) is 0 Å². The predicted molar refractivity (Wildman–Crippen MR) is 88.3 cm³/mol. The quantitative estimate of drug-likeness (QED) is 0.512. The van der Waals surface area contributed by atoms with E-state index in [0.29, 0.717) is 16.6 Å². The Morgan fingerprint density at radius 1 is 0.875 bits per heavy atom. The summed E-state index contributed by atoms with van der Waals surface area (Å²) in [6.45, 7) is 0. The number of nitrogens with zero attached hydrogens (tertiary/aromatic N) is 1. The van der Waals surface area contributed by atoms with E-state index in [1.54, 1.807) is 12.3 Å². The van der Waals surface area contributed by atoms with Gasteiger partial charge in [-0.1, -0.05) is 12.1 Å². The van der Waals surface area contributed by atoms with Crippen LogP contribution < -0.4 is 5.32 Å². The van der Waals surface area contributed by atoms with E-state index in [1.807, 2.05) is 30.5 Å². The molecular weight excluding hydrogens is 315 g/mol. The molecule has 0 radical (unpaired) electrons. The fourth-order valence-electron chi connectivity index (χ4n) is 2.66. The van der Waals surface area contributed by atoms with Gasteiger partial charge in [0.1, 0.15) is 5.82 Å². The van der Waals surface area contributed by atoms with Gasteiger partial charge in [-0.05, 0) is 47.2 Å². The lowest BCUT2D eigenvalue weighted by Gasteiger charge is -2.10. The Kier molecular flexibility index (Phi) is 3.19. The minimum atomic E-state index is -4.36. The van der Waals surface area contributed by atoms with E-state index in [1.165, 1.54) is 6.07 Å². The number of halogens is 3. The van der Waals surface area contributed by atoms with Crippen molar-refractivity contribution in [2.24, 2.45) is 0 Å². The first-order valence-electron chi connectivity index (χ1n) is 7.30. The van der Waals surface area contributed by atoms with E-state index in [9.17, 15) is 13.2 Å². The van der Waals surface area contributed by atoms with Gasteiger partial charge in [-0.2, -0.15) is 13.2 Å². The molecular formula is C18H12F3N3. The van der Waals surface area contributed by atoms with Gasteiger partial charge >= 0.3 is 6.18 Å². The van der Waals surface area contributed by atoms with Gasteiger partial charge in [0.2, 0.25) is 0 Å². The molecule has 0 bridgehead atoms. The summed E-state index contributed by atoms with van der Waals surface area (Å²) in [4.78, 5) is 7.37. The summed E-state index contributed by atoms with van der Waals surface area (Å²) < 4.78 is 38.5. The van der Waals surface area contributed by atoms with Crippen LogP contribution >= 0.6 is 0 Å². The zero-order chi connectivity index (χ0) is 16.7. The van der Waals surface area contributed by atoms with Crippen LogP contribution in [0.2, 0.25) is 0 Å². The molecule has 3 nitrogen and oxygen atoms in total. The van der Waals surface area contributed by atoms with Gasteiger partial charge in [0.05, 0.1) is 5.56 Å². The number of benzene rings is 2. The second kappa shape index (κ2) is 5.26. The van der Waals surface area contributed by atoms with E-state index in [2.05, 4.69) is 15.3 Å². The van der Waals surface area contributed by atoms with Crippen LogP contribution in [-0.2, 0) is 6.18 Å². The summed E-state index contributed by atoms with van der Waals surface area (Å²) in [6, 6.07) is 13.0. The van der Waals surface area contributed by atoms with Crippen LogP contribution in [0.1, 0.15) is 5.56 Å². The second-order valence-corrected chi connectivity index (χ2v) is 5.53. The lowest BCUT2D eigenvalue weighted by atomic mass is 10.1. The Labute approximate surface area is 135 Å². The molecule has 2 heterocycles. The molecule has 0 aliphatic carbocycles. The summed E-state index contributed by atoms with van der Waals surface area (Å²) in [5, 5.41) is 5.36. The maximum absolute atomic E-state index is 12.8. The molecule has 4 aromatic rings. The van der Waals surface area contributed by atoms with Crippen LogP contribution in [0.5, 0.6) is 0 Å². The average Bonchev–Trinajstić information content (AvgIpc) is 3.01. The maximum Gasteiger partial charge on any atom is 0.416 e. The highest BCUT2D eigenvalue weighted by atomic mass is 19.4. The molecule has 0 saturated carbocycles. The van der Waals surface area contributed by atoms with E-state index in [0.717, 1.165) is 28.7 Å². The van der Waals surface area contributed by atoms with E-state index >= 15 is 0 Å². The first-order chi connectivity index (χ1) is 11.5. The first-order valence-corrected chi connectivity index (χ1v) is 7.30. The molecule has 0 aliphatic rings. The van der Waals surface area contributed by atoms with Crippen molar-refractivity contribution in [2.75, 3.05) is 5.32 Å². The Morgan fingerprint density at radius 2 is 1.71 bits per heavy atom. The zero-order valence-corrected chi connectivity index (χ0v) is 12.4. The van der Waals surface area contributed by atoms with Crippen molar-refractivity contribution < 1.29 is 13.2 Å². The Bertz CT molecular complexity index is 1030. The van der Waals surface area contributed by atoms with Gasteiger partial charge in [-0.3, -0.25) is 0 Å². The lowest BCUT2D eigenvalue weighted by molar-refractivity contribution is -0.137. The van der Waals surface area contributed by atoms with Crippen LogP contribution in [0.4, 0.5) is 24.7 Å². The van der Waals surface area contributed by atoms with E-state index < -0.39 is 11.7 Å². The maximum atomic E-state index is 12.8. The summed E-state index contributed by atoms with van der Waals surface area (Å²) >= 11 is 0. The molecule has 0 aliphatic heterocycles. The van der Waals surface area contributed by atoms with E-state index in [-0.39, 0.29) is 0 Å². The minimum Gasteiger partial charge on any atom is -0.361 e. The number of pyridine rings is 1. The van der Waals surface area contributed by atoms with E-state index in [4.69, 9.17) is 0 Å². The van der Waals surface area contributed by atoms with Crippen LogP contribution in [0.3, 0.4) is 0 Å². The molecule has 0 amide bonds. The van der Waals surface area contributed by atoms with Crippen LogP contribution in [0, 0.1) is 0 Å². The third-order valence-electron chi connectivity index (χ3n) is 3.88. The highest BCUT2D eigenvalue weighted by molar-refractivity contribution is 5.87. The van der Waals surface area contributed by atoms with Crippen LogP contribution in [0.25, 0.3) is 21.7 Å². The number of fused-ring (bicyclic) bond motifs is 2. The number of H-pyrrole nitrogens is 1. The normalized spacial score (nSPS) is 12.0. The third-order valence-corrected chi connectivity index (χ3v) is 3.88. The van der Waals surface area contributed by atoms with Gasteiger partial charge < -0.3 is 10.3 Å². The van der Waals surface area contributed by atoms with Gasteiger partial charge in [-0.25, -0.2) is 4.98 Å². The second-order valence-electron chi connectivity index (χ2n) is 5.53. The molecule has 0 spiro atoms. The number of aromatic nitrogens is 2. The van der Waals surface area contributed by atoms with Crippen LogP contribution in [-0.4, -0.2) is 9.97 Å². The molecule has 0 saturated heterocycles. The molecule has 4 rings (SSSR count). The summed E-state index contributed by atoms with van der Waals surface area (Å²) in [5.74, 6) is 0.493. The Hall–Kier alpha value is -3.02. The topological polar surface area (TPSA) is 40.7 Å². The molecule has 2 aromatic heterocycles. The predicted octanol–water partition coefficient (Wildman–Crippen LogP) is 5.48. The largest absolute Gasteiger partial charge is 0.416 e.